The number of hydrogen-bond donors (Lipinski definition) is 1. The van der Waals surface area contributed by atoms with Crippen LogP contribution in [-0.2, 0) is 16.0 Å². The molecule has 2 unspecified atom stereocenters. The Morgan fingerprint density at radius 1 is 1.10 bits per heavy atom. The van der Waals surface area contributed by atoms with Gasteiger partial charge in [0.05, 0.1) is 4.87 Å². The Bertz CT molecular complexity index is 1040. The van der Waals surface area contributed by atoms with Crippen molar-refractivity contribution in [1.29, 1.82) is 0 Å². The van der Waals surface area contributed by atoms with Crippen LogP contribution in [0.4, 0.5) is 11.4 Å². The fourth-order valence-corrected chi connectivity index (χ4v) is 6.07. The van der Waals surface area contributed by atoms with Crippen molar-refractivity contribution in [2.75, 3.05) is 22.5 Å². The van der Waals surface area contributed by atoms with Gasteiger partial charge in [-0.1, -0.05) is 18.2 Å². The lowest BCUT2D eigenvalue weighted by atomic mass is 10.1. The normalized spacial score (nSPS) is 24.7. The molecule has 2 aromatic rings. The summed E-state index contributed by atoms with van der Waals surface area (Å²) < 4.78 is 0. The van der Waals surface area contributed by atoms with Gasteiger partial charge in [0.2, 0.25) is 11.8 Å². The number of amides is 3. The van der Waals surface area contributed by atoms with E-state index in [1.54, 1.807) is 45.8 Å². The minimum atomic E-state index is -0.447. The van der Waals surface area contributed by atoms with Gasteiger partial charge in [-0.05, 0) is 55.7 Å². The molecule has 2 atom stereocenters. The topological polar surface area (TPSA) is 69.7 Å². The third-order valence-corrected chi connectivity index (χ3v) is 7.78. The third-order valence-electron chi connectivity index (χ3n) is 6.28. The van der Waals surface area contributed by atoms with E-state index in [1.165, 1.54) is 5.56 Å². The van der Waals surface area contributed by atoms with Crippen LogP contribution in [-0.4, -0.2) is 45.8 Å². The highest BCUT2D eigenvalue weighted by molar-refractivity contribution is 8.01. The summed E-state index contributed by atoms with van der Waals surface area (Å²) in [7, 11) is 0. The molecule has 30 heavy (non-hydrogen) atoms. The highest BCUT2D eigenvalue weighted by Crippen LogP contribution is 2.47. The van der Waals surface area contributed by atoms with Crippen LogP contribution in [0.25, 0.3) is 0 Å². The van der Waals surface area contributed by atoms with Gasteiger partial charge in [-0.2, -0.15) is 0 Å². The molecule has 3 aliphatic rings. The largest absolute Gasteiger partial charge is 0.324 e. The summed E-state index contributed by atoms with van der Waals surface area (Å²) in [5.41, 5.74) is 3.37. The second kappa shape index (κ2) is 7.16. The van der Waals surface area contributed by atoms with Crippen LogP contribution in [0.1, 0.15) is 35.7 Å². The van der Waals surface area contributed by atoms with Gasteiger partial charge in [-0.15, -0.1) is 11.8 Å². The number of anilines is 2. The van der Waals surface area contributed by atoms with Crippen LogP contribution >= 0.6 is 11.8 Å². The van der Waals surface area contributed by atoms with Crippen LogP contribution in [0.5, 0.6) is 0 Å². The molecule has 0 bridgehead atoms. The molecule has 6 nitrogen and oxygen atoms in total. The molecule has 2 saturated heterocycles. The SMILES string of the molecule is CC12CCC(=O)N1C(C(=O)Nc1ccc(C(=O)N3CCc4ccccc43)cc1)CS2. The van der Waals surface area contributed by atoms with Crippen molar-refractivity contribution in [1.82, 2.24) is 4.90 Å². The minimum absolute atomic E-state index is 0.0385. The fourth-order valence-electron chi connectivity index (χ4n) is 4.64. The van der Waals surface area contributed by atoms with Gasteiger partial charge in [0.15, 0.2) is 0 Å². The van der Waals surface area contributed by atoms with E-state index >= 15 is 0 Å². The van der Waals surface area contributed by atoms with Crippen molar-refractivity contribution in [3.63, 3.8) is 0 Å². The lowest BCUT2D eigenvalue weighted by Crippen LogP contribution is -2.48. The molecule has 0 spiro atoms. The highest BCUT2D eigenvalue weighted by atomic mass is 32.2. The first kappa shape index (κ1) is 19.2. The van der Waals surface area contributed by atoms with Crippen LogP contribution < -0.4 is 10.2 Å². The second-order valence-corrected chi connectivity index (χ2v) is 9.67. The first-order valence-corrected chi connectivity index (χ1v) is 11.2. The summed E-state index contributed by atoms with van der Waals surface area (Å²) in [6.45, 7) is 2.71. The van der Waals surface area contributed by atoms with Gasteiger partial charge in [-0.25, -0.2) is 0 Å². The number of nitrogens with zero attached hydrogens (tertiary/aromatic N) is 2. The number of hydrogen-bond acceptors (Lipinski definition) is 4. The van der Waals surface area contributed by atoms with Gasteiger partial charge in [0.25, 0.3) is 5.91 Å². The van der Waals surface area contributed by atoms with Crippen molar-refractivity contribution in [2.24, 2.45) is 0 Å². The number of benzene rings is 2. The summed E-state index contributed by atoms with van der Waals surface area (Å²) in [6, 6.07) is 14.5. The quantitative estimate of drug-likeness (QED) is 0.826. The molecule has 3 amide bonds. The Morgan fingerprint density at radius 3 is 2.67 bits per heavy atom. The number of thioether (sulfide) groups is 1. The average Bonchev–Trinajstić information content (AvgIpc) is 3.41. The van der Waals surface area contributed by atoms with Crippen molar-refractivity contribution < 1.29 is 14.4 Å². The van der Waals surface area contributed by atoms with E-state index in [9.17, 15) is 14.4 Å². The molecule has 3 heterocycles. The van der Waals surface area contributed by atoms with Crippen LogP contribution in [0.15, 0.2) is 48.5 Å². The minimum Gasteiger partial charge on any atom is -0.324 e. The van der Waals surface area contributed by atoms with Crippen LogP contribution in [0, 0.1) is 0 Å². The Hall–Kier alpha value is -2.80. The van der Waals surface area contributed by atoms with Gasteiger partial charge >= 0.3 is 0 Å². The zero-order chi connectivity index (χ0) is 20.9. The lowest BCUT2D eigenvalue weighted by Gasteiger charge is -2.29. The van der Waals surface area contributed by atoms with E-state index in [1.807, 2.05) is 25.1 Å². The first-order valence-electron chi connectivity index (χ1n) is 10.2. The Kier molecular flexibility index (Phi) is 4.58. The zero-order valence-electron chi connectivity index (χ0n) is 16.8. The number of rotatable bonds is 3. The Morgan fingerprint density at radius 2 is 1.87 bits per heavy atom. The maximum atomic E-state index is 12.9. The van der Waals surface area contributed by atoms with Crippen molar-refractivity contribution in [3.8, 4) is 0 Å². The maximum absolute atomic E-state index is 12.9. The first-order chi connectivity index (χ1) is 14.5. The number of carbonyl (C=O) groups is 3. The molecule has 0 aromatic heterocycles. The van der Waals surface area contributed by atoms with Gasteiger partial charge in [0, 0.05) is 35.7 Å². The Balaban J connectivity index is 1.27. The summed E-state index contributed by atoms with van der Waals surface area (Å²) in [5.74, 6) is 0.450. The Labute approximate surface area is 179 Å². The molecule has 1 N–H and O–H groups in total. The molecular weight excluding hydrogens is 398 g/mol. The summed E-state index contributed by atoms with van der Waals surface area (Å²) in [4.78, 5) is 41.3. The van der Waals surface area contributed by atoms with E-state index in [4.69, 9.17) is 0 Å². The standard InChI is InChI=1S/C23H23N3O3S/c1-23-12-10-20(27)26(23)19(14-30-23)21(28)24-17-8-6-16(7-9-17)22(29)25-13-11-15-4-2-3-5-18(15)25/h2-9,19H,10-14H2,1H3,(H,24,28). The number of fused-ring (bicyclic) bond motifs is 2. The molecule has 2 aromatic carbocycles. The number of carbonyl (C=O) groups excluding carboxylic acids is 3. The van der Waals surface area contributed by atoms with E-state index in [-0.39, 0.29) is 22.6 Å². The number of nitrogens with one attached hydrogen (secondary N) is 1. The molecule has 0 radical (unpaired) electrons. The molecule has 154 valence electrons. The van der Waals surface area contributed by atoms with Crippen LogP contribution in [0.2, 0.25) is 0 Å². The molecule has 7 heteroatoms. The summed E-state index contributed by atoms with van der Waals surface area (Å²) in [6.07, 6.45) is 2.16. The molecule has 2 fully saturated rings. The molecule has 5 rings (SSSR count). The second-order valence-electron chi connectivity index (χ2n) is 8.17. The van der Waals surface area contributed by atoms with Gasteiger partial charge in [-0.3, -0.25) is 14.4 Å². The predicted octanol–water partition coefficient (Wildman–Crippen LogP) is 3.28. The monoisotopic (exact) mass is 421 g/mol. The third kappa shape index (κ3) is 3.08. The number of para-hydroxylation sites is 1. The van der Waals surface area contributed by atoms with Crippen molar-refractivity contribution in [2.45, 2.75) is 37.1 Å². The molecular formula is C23H23N3O3S. The predicted molar refractivity (Wildman–Crippen MR) is 118 cm³/mol. The summed E-state index contributed by atoms with van der Waals surface area (Å²) in [5, 5.41) is 2.91. The van der Waals surface area contributed by atoms with E-state index < -0.39 is 6.04 Å². The molecule has 3 aliphatic heterocycles. The van der Waals surface area contributed by atoms with E-state index in [2.05, 4.69) is 11.4 Å². The van der Waals surface area contributed by atoms with Crippen molar-refractivity contribution >= 4 is 40.9 Å². The summed E-state index contributed by atoms with van der Waals surface area (Å²) >= 11 is 1.67. The maximum Gasteiger partial charge on any atom is 0.258 e. The van der Waals surface area contributed by atoms with E-state index in [0.29, 0.717) is 30.0 Å². The van der Waals surface area contributed by atoms with Crippen LogP contribution in [0.3, 0.4) is 0 Å². The van der Waals surface area contributed by atoms with Gasteiger partial charge in [0.1, 0.15) is 6.04 Å². The van der Waals surface area contributed by atoms with Crippen molar-refractivity contribution in [3.05, 3.63) is 59.7 Å². The smallest absolute Gasteiger partial charge is 0.258 e. The zero-order valence-corrected chi connectivity index (χ0v) is 17.6. The van der Waals surface area contributed by atoms with E-state index in [0.717, 1.165) is 18.5 Å². The molecule has 0 saturated carbocycles. The molecule has 0 aliphatic carbocycles. The average molecular weight is 422 g/mol. The highest BCUT2D eigenvalue weighted by Gasteiger charge is 2.52. The lowest BCUT2D eigenvalue weighted by molar-refractivity contribution is -0.135. The fraction of sp³-hybridized carbons (Fsp3) is 0.348. The van der Waals surface area contributed by atoms with Gasteiger partial charge < -0.3 is 15.1 Å².